The second kappa shape index (κ2) is 10.1. The molecule has 2 amide bonds. The molecule has 28 heavy (non-hydrogen) atoms. The predicted molar refractivity (Wildman–Crippen MR) is 109 cm³/mol. The van der Waals surface area contributed by atoms with E-state index in [1.807, 2.05) is 26.0 Å². The van der Waals surface area contributed by atoms with E-state index in [2.05, 4.69) is 10.6 Å². The Balaban J connectivity index is 2.13. The summed E-state index contributed by atoms with van der Waals surface area (Å²) in [4.78, 5) is 24.9. The number of aliphatic hydroxyl groups is 1. The van der Waals surface area contributed by atoms with E-state index < -0.39 is 11.9 Å². The van der Waals surface area contributed by atoms with Gasteiger partial charge in [-0.15, -0.1) is 0 Å². The van der Waals surface area contributed by atoms with Crippen molar-refractivity contribution >= 4 is 23.4 Å². The lowest BCUT2D eigenvalue weighted by molar-refractivity contribution is -0.122. The van der Waals surface area contributed by atoms with E-state index in [1.54, 1.807) is 24.3 Å². The molecule has 2 aromatic rings. The predicted octanol–water partition coefficient (Wildman–Crippen LogP) is 2.71. The van der Waals surface area contributed by atoms with E-state index in [0.717, 1.165) is 11.1 Å². The lowest BCUT2D eigenvalue weighted by Crippen LogP contribution is -2.47. The fraction of sp³-hybridized carbons (Fsp3) is 0.333. The number of carbonyl (C=O) groups excluding carboxylic acids is 2. The van der Waals surface area contributed by atoms with Crippen LogP contribution in [0.1, 0.15) is 35.3 Å². The summed E-state index contributed by atoms with van der Waals surface area (Å²) >= 11 is 6.20. The molecule has 0 saturated carbocycles. The zero-order valence-corrected chi connectivity index (χ0v) is 16.9. The van der Waals surface area contributed by atoms with Crippen LogP contribution in [0.5, 0.6) is 5.75 Å². The average Bonchev–Trinajstić information content (AvgIpc) is 2.68. The van der Waals surface area contributed by atoms with Crippen molar-refractivity contribution in [3.05, 3.63) is 64.2 Å². The molecule has 2 aromatic carbocycles. The lowest BCUT2D eigenvalue weighted by atomic mass is 10.0. The van der Waals surface area contributed by atoms with Crippen molar-refractivity contribution in [2.75, 3.05) is 7.05 Å². The van der Waals surface area contributed by atoms with Crippen LogP contribution in [-0.2, 0) is 17.8 Å². The molecule has 0 bridgehead atoms. The molecule has 0 aliphatic heterocycles. The van der Waals surface area contributed by atoms with Crippen LogP contribution < -0.4 is 15.4 Å². The second-order valence-electron chi connectivity index (χ2n) is 6.63. The quantitative estimate of drug-likeness (QED) is 0.631. The minimum Gasteiger partial charge on any atom is -0.489 e. The van der Waals surface area contributed by atoms with Gasteiger partial charge in [-0.1, -0.05) is 35.9 Å². The zero-order chi connectivity index (χ0) is 20.7. The summed E-state index contributed by atoms with van der Waals surface area (Å²) in [5.74, 6) is -0.205. The largest absolute Gasteiger partial charge is 0.489 e. The molecule has 1 unspecified atom stereocenters. The average molecular weight is 405 g/mol. The molecular weight excluding hydrogens is 380 g/mol. The van der Waals surface area contributed by atoms with Crippen LogP contribution in [0.15, 0.2) is 42.5 Å². The zero-order valence-electron chi connectivity index (χ0n) is 16.2. The van der Waals surface area contributed by atoms with Crippen molar-refractivity contribution in [2.24, 2.45) is 0 Å². The van der Waals surface area contributed by atoms with Crippen molar-refractivity contribution in [3.8, 4) is 5.75 Å². The number of amides is 2. The number of aliphatic hydroxyl groups excluding tert-OH is 1. The standard InChI is InChI=1S/C21H25ClN2O4/c1-13(2)28-19-9-8-16(11-17(19)22)20(26)24-18(21(27)23-3)10-14-4-6-15(12-25)7-5-14/h4-9,11,13,18,25H,10,12H2,1-3H3,(H,23,27)(H,24,26). The van der Waals surface area contributed by atoms with Gasteiger partial charge in [0.05, 0.1) is 17.7 Å². The molecular formula is C21H25ClN2O4. The fourth-order valence-electron chi connectivity index (χ4n) is 2.63. The van der Waals surface area contributed by atoms with Gasteiger partial charge in [-0.2, -0.15) is 0 Å². The number of hydrogen-bond donors (Lipinski definition) is 3. The first kappa shape index (κ1) is 21.7. The molecule has 150 valence electrons. The van der Waals surface area contributed by atoms with E-state index in [0.29, 0.717) is 22.8 Å². The number of halogens is 1. The van der Waals surface area contributed by atoms with E-state index in [-0.39, 0.29) is 18.6 Å². The maximum atomic E-state index is 12.6. The van der Waals surface area contributed by atoms with Crippen LogP contribution in [0.25, 0.3) is 0 Å². The van der Waals surface area contributed by atoms with E-state index in [4.69, 9.17) is 21.4 Å². The number of nitrogens with one attached hydrogen (secondary N) is 2. The first-order valence-electron chi connectivity index (χ1n) is 9.01. The third-order valence-corrected chi connectivity index (χ3v) is 4.37. The summed E-state index contributed by atoms with van der Waals surface area (Å²) in [5.41, 5.74) is 1.98. The highest BCUT2D eigenvalue weighted by molar-refractivity contribution is 6.32. The molecule has 7 heteroatoms. The Bertz CT molecular complexity index is 822. The molecule has 0 aliphatic carbocycles. The number of ether oxygens (including phenoxy) is 1. The smallest absolute Gasteiger partial charge is 0.251 e. The van der Waals surface area contributed by atoms with Crippen molar-refractivity contribution in [2.45, 2.75) is 39.0 Å². The summed E-state index contributed by atoms with van der Waals surface area (Å²) in [6, 6.07) is 11.2. The van der Waals surface area contributed by atoms with Crippen molar-refractivity contribution in [3.63, 3.8) is 0 Å². The Morgan fingerprint density at radius 1 is 1.11 bits per heavy atom. The van der Waals surface area contributed by atoms with Gasteiger partial charge in [-0.05, 0) is 43.2 Å². The summed E-state index contributed by atoms with van der Waals surface area (Å²) in [7, 11) is 1.52. The van der Waals surface area contributed by atoms with Gasteiger partial charge < -0.3 is 20.5 Å². The van der Waals surface area contributed by atoms with Gasteiger partial charge in [0, 0.05) is 19.0 Å². The first-order chi connectivity index (χ1) is 13.3. The van der Waals surface area contributed by atoms with E-state index >= 15 is 0 Å². The van der Waals surface area contributed by atoms with Crippen LogP contribution >= 0.6 is 11.6 Å². The van der Waals surface area contributed by atoms with Crippen LogP contribution in [-0.4, -0.2) is 36.1 Å². The Hall–Kier alpha value is -2.57. The number of rotatable bonds is 8. The summed E-state index contributed by atoms with van der Waals surface area (Å²) < 4.78 is 5.57. The van der Waals surface area contributed by atoms with E-state index in [1.165, 1.54) is 13.1 Å². The van der Waals surface area contributed by atoms with Gasteiger partial charge in [0.25, 0.3) is 5.91 Å². The lowest BCUT2D eigenvalue weighted by Gasteiger charge is -2.18. The topological polar surface area (TPSA) is 87.7 Å². The molecule has 2 rings (SSSR count). The van der Waals surface area contributed by atoms with Crippen LogP contribution in [0, 0.1) is 0 Å². The van der Waals surface area contributed by atoms with E-state index in [9.17, 15) is 9.59 Å². The highest BCUT2D eigenvalue weighted by Crippen LogP contribution is 2.26. The third-order valence-electron chi connectivity index (χ3n) is 4.07. The monoisotopic (exact) mass is 404 g/mol. The molecule has 0 fully saturated rings. The Morgan fingerprint density at radius 3 is 2.29 bits per heavy atom. The molecule has 0 heterocycles. The van der Waals surface area contributed by atoms with Crippen molar-refractivity contribution < 1.29 is 19.4 Å². The highest BCUT2D eigenvalue weighted by Gasteiger charge is 2.21. The normalized spacial score (nSPS) is 11.8. The second-order valence-corrected chi connectivity index (χ2v) is 7.04. The number of hydrogen-bond acceptors (Lipinski definition) is 4. The Kier molecular flexibility index (Phi) is 7.84. The van der Waals surface area contributed by atoms with Gasteiger partial charge in [0.2, 0.25) is 5.91 Å². The van der Waals surface area contributed by atoms with Crippen LogP contribution in [0.3, 0.4) is 0 Å². The fourth-order valence-corrected chi connectivity index (χ4v) is 2.86. The SMILES string of the molecule is CNC(=O)C(Cc1ccc(CO)cc1)NC(=O)c1ccc(OC(C)C)c(Cl)c1. The number of benzene rings is 2. The minimum absolute atomic E-state index is 0.0352. The number of carbonyl (C=O) groups is 2. The number of likely N-dealkylation sites (N-methyl/N-ethyl adjacent to an activating group) is 1. The minimum atomic E-state index is -0.747. The summed E-state index contributed by atoms with van der Waals surface area (Å²) in [6.45, 7) is 3.73. The molecule has 0 aliphatic rings. The first-order valence-corrected chi connectivity index (χ1v) is 9.39. The van der Waals surface area contributed by atoms with Gasteiger partial charge in [-0.3, -0.25) is 9.59 Å². The molecule has 6 nitrogen and oxygen atoms in total. The maximum Gasteiger partial charge on any atom is 0.251 e. The van der Waals surface area contributed by atoms with Crippen LogP contribution in [0.2, 0.25) is 5.02 Å². The Labute approximate surface area is 169 Å². The third kappa shape index (κ3) is 5.97. The van der Waals surface area contributed by atoms with Gasteiger partial charge in [0.1, 0.15) is 11.8 Å². The van der Waals surface area contributed by atoms with Gasteiger partial charge >= 0.3 is 0 Å². The summed E-state index contributed by atoms with van der Waals surface area (Å²) in [6.07, 6.45) is 0.284. The van der Waals surface area contributed by atoms with Gasteiger partial charge in [0.15, 0.2) is 0 Å². The van der Waals surface area contributed by atoms with Gasteiger partial charge in [-0.25, -0.2) is 0 Å². The Morgan fingerprint density at radius 2 is 1.75 bits per heavy atom. The molecule has 0 radical (unpaired) electrons. The summed E-state index contributed by atoms with van der Waals surface area (Å²) in [5, 5.41) is 14.8. The van der Waals surface area contributed by atoms with Crippen molar-refractivity contribution in [1.29, 1.82) is 0 Å². The molecule has 0 saturated heterocycles. The molecule has 1 atom stereocenters. The highest BCUT2D eigenvalue weighted by atomic mass is 35.5. The molecule has 0 spiro atoms. The van der Waals surface area contributed by atoms with Crippen LogP contribution in [0.4, 0.5) is 0 Å². The van der Waals surface area contributed by atoms with Crippen molar-refractivity contribution in [1.82, 2.24) is 10.6 Å². The maximum absolute atomic E-state index is 12.6. The molecule has 0 aromatic heterocycles. The molecule has 3 N–H and O–H groups in total.